The molecule has 1 N–H and O–H groups in total. The second kappa shape index (κ2) is 12.1. The zero-order chi connectivity index (χ0) is 26.3. The molecule has 2 amide bonds. The van der Waals surface area contributed by atoms with E-state index in [4.69, 9.17) is 11.6 Å². The second-order valence-electron chi connectivity index (χ2n) is 8.31. The number of anilines is 1. The van der Waals surface area contributed by atoms with Crippen LogP contribution in [0.25, 0.3) is 0 Å². The van der Waals surface area contributed by atoms with Crippen molar-refractivity contribution in [1.29, 1.82) is 0 Å². The van der Waals surface area contributed by atoms with Gasteiger partial charge in [0, 0.05) is 18.6 Å². The van der Waals surface area contributed by atoms with Gasteiger partial charge >= 0.3 is 0 Å². The minimum atomic E-state index is -4.08. The smallest absolute Gasteiger partial charge is 0.264 e. The predicted molar refractivity (Wildman–Crippen MR) is 142 cm³/mol. The molecule has 3 aromatic carbocycles. The molecule has 0 aromatic heterocycles. The van der Waals surface area contributed by atoms with E-state index in [1.54, 1.807) is 73.7 Å². The number of rotatable bonds is 10. The molecule has 3 rings (SSSR count). The lowest BCUT2D eigenvalue weighted by Gasteiger charge is -2.33. The van der Waals surface area contributed by atoms with Crippen LogP contribution >= 0.6 is 11.6 Å². The van der Waals surface area contributed by atoms with E-state index < -0.39 is 28.5 Å². The lowest BCUT2D eigenvalue weighted by molar-refractivity contribution is -0.140. The second-order valence-corrected chi connectivity index (χ2v) is 10.6. The van der Waals surface area contributed by atoms with Crippen molar-refractivity contribution in [3.63, 3.8) is 0 Å². The molecule has 190 valence electrons. The number of likely N-dealkylation sites (N-methyl/N-ethyl adjacent to an activating group) is 1. The molecule has 0 saturated carbocycles. The predicted octanol–water partition coefficient (Wildman–Crippen LogP) is 4.40. The Kier molecular flexibility index (Phi) is 9.12. The van der Waals surface area contributed by atoms with Crippen LogP contribution < -0.4 is 9.62 Å². The molecule has 0 aliphatic rings. The van der Waals surface area contributed by atoms with Crippen molar-refractivity contribution in [1.82, 2.24) is 10.2 Å². The van der Waals surface area contributed by atoms with Gasteiger partial charge in [-0.25, -0.2) is 8.42 Å². The number of benzene rings is 3. The van der Waals surface area contributed by atoms with E-state index in [-0.39, 0.29) is 17.3 Å². The highest BCUT2D eigenvalue weighted by molar-refractivity contribution is 7.92. The normalized spacial score (nSPS) is 12.0. The summed E-state index contributed by atoms with van der Waals surface area (Å²) < 4.78 is 28.5. The van der Waals surface area contributed by atoms with Crippen molar-refractivity contribution in [2.45, 2.75) is 37.8 Å². The first kappa shape index (κ1) is 27.2. The Morgan fingerprint density at radius 3 is 2.14 bits per heavy atom. The first-order valence-corrected chi connectivity index (χ1v) is 13.4. The van der Waals surface area contributed by atoms with Gasteiger partial charge in [-0.2, -0.15) is 0 Å². The summed E-state index contributed by atoms with van der Waals surface area (Å²) in [5, 5.41) is 3.05. The van der Waals surface area contributed by atoms with Gasteiger partial charge in [0.25, 0.3) is 10.0 Å². The fraction of sp³-hybridized carbons (Fsp3) is 0.259. The number of carbonyl (C=O) groups excluding carboxylic acids is 2. The van der Waals surface area contributed by atoms with Crippen LogP contribution in [-0.2, 0) is 26.2 Å². The van der Waals surface area contributed by atoms with Crippen LogP contribution in [0.4, 0.5) is 5.69 Å². The third-order valence-corrected chi connectivity index (χ3v) is 8.02. The molecule has 1 atom stereocenters. The van der Waals surface area contributed by atoms with Gasteiger partial charge in [0.2, 0.25) is 11.8 Å². The molecule has 1 unspecified atom stereocenters. The lowest BCUT2D eigenvalue weighted by Crippen LogP contribution is -2.51. The summed E-state index contributed by atoms with van der Waals surface area (Å²) >= 11 is 6.36. The van der Waals surface area contributed by atoms with Crippen LogP contribution in [0.3, 0.4) is 0 Å². The maximum atomic E-state index is 13.8. The molecule has 0 saturated heterocycles. The number of halogens is 1. The molecular formula is C27H30ClN3O4S. The fourth-order valence-corrected chi connectivity index (χ4v) is 5.47. The summed E-state index contributed by atoms with van der Waals surface area (Å²) in [5.74, 6) is -0.865. The van der Waals surface area contributed by atoms with Crippen molar-refractivity contribution >= 4 is 39.1 Å². The number of amides is 2. The number of nitrogens with one attached hydrogen (secondary N) is 1. The standard InChI is InChI=1S/C27H30ClN3O4S/c1-4-25(27(33)29-3)30(18-21-10-8-9-13-24(21)28)26(32)19-31(22-11-6-5-7-12-22)36(34,35)23-16-14-20(2)15-17-23/h5-17,25H,4,18-19H2,1-3H3,(H,29,33). The van der Waals surface area contributed by atoms with Crippen LogP contribution in [0, 0.1) is 6.92 Å². The third-order valence-electron chi connectivity index (χ3n) is 5.86. The summed E-state index contributed by atoms with van der Waals surface area (Å²) in [7, 11) is -2.58. The van der Waals surface area contributed by atoms with Crippen molar-refractivity contribution in [2.24, 2.45) is 0 Å². The molecule has 7 nitrogen and oxygen atoms in total. The van der Waals surface area contributed by atoms with E-state index in [0.717, 1.165) is 9.87 Å². The van der Waals surface area contributed by atoms with Gasteiger partial charge in [0.05, 0.1) is 10.6 Å². The first-order valence-electron chi connectivity index (χ1n) is 11.6. The highest BCUT2D eigenvalue weighted by Crippen LogP contribution is 2.25. The summed E-state index contributed by atoms with van der Waals surface area (Å²) in [6.07, 6.45) is 0.339. The Labute approximate surface area is 217 Å². The molecule has 0 spiro atoms. The number of hydrogen-bond acceptors (Lipinski definition) is 4. The number of nitrogens with zero attached hydrogens (tertiary/aromatic N) is 2. The topological polar surface area (TPSA) is 86.8 Å². The molecule has 0 bridgehead atoms. The Bertz CT molecular complexity index is 1300. The lowest BCUT2D eigenvalue weighted by atomic mass is 10.1. The van der Waals surface area contributed by atoms with Gasteiger partial charge in [-0.15, -0.1) is 0 Å². The molecule has 0 heterocycles. The summed E-state index contributed by atoms with van der Waals surface area (Å²) in [5.41, 5.74) is 1.92. The first-order chi connectivity index (χ1) is 17.2. The van der Waals surface area contributed by atoms with Crippen LogP contribution in [0.5, 0.6) is 0 Å². The van der Waals surface area contributed by atoms with E-state index in [9.17, 15) is 18.0 Å². The van der Waals surface area contributed by atoms with E-state index >= 15 is 0 Å². The number of sulfonamides is 1. The van der Waals surface area contributed by atoms with E-state index in [2.05, 4.69) is 5.32 Å². The quantitative estimate of drug-likeness (QED) is 0.423. The molecular weight excluding hydrogens is 498 g/mol. The van der Waals surface area contributed by atoms with Crippen molar-refractivity contribution in [3.8, 4) is 0 Å². The molecule has 9 heteroatoms. The molecule has 0 radical (unpaired) electrons. The SMILES string of the molecule is CCC(C(=O)NC)N(Cc1ccccc1Cl)C(=O)CN(c1ccccc1)S(=O)(=O)c1ccc(C)cc1. The Morgan fingerprint density at radius 2 is 1.56 bits per heavy atom. The average molecular weight is 528 g/mol. The van der Waals surface area contributed by atoms with Gasteiger partial charge in [-0.3, -0.25) is 13.9 Å². The Morgan fingerprint density at radius 1 is 0.944 bits per heavy atom. The molecule has 0 aliphatic carbocycles. The minimum Gasteiger partial charge on any atom is -0.357 e. The largest absolute Gasteiger partial charge is 0.357 e. The summed E-state index contributed by atoms with van der Waals surface area (Å²) in [4.78, 5) is 28.0. The van der Waals surface area contributed by atoms with Gasteiger partial charge in [-0.05, 0) is 49.2 Å². The summed E-state index contributed by atoms with van der Waals surface area (Å²) in [6.45, 7) is 3.23. The molecule has 0 aliphatic heterocycles. The molecule has 3 aromatic rings. The number of para-hydroxylation sites is 1. The Balaban J connectivity index is 2.04. The molecule has 0 fully saturated rings. The number of carbonyl (C=O) groups is 2. The van der Waals surface area contributed by atoms with Crippen molar-refractivity contribution in [2.75, 3.05) is 17.9 Å². The van der Waals surface area contributed by atoms with E-state index in [0.29, 0.717) is 22.7 Å². The van der Waals surface area contributed by atoms with Crippen molar-refractivity contribution in [3.05, 3.63) is 95.0 Å². The number of aryl methyl sites for hydroxylation is 1. The number of hydrogen-bond donors (Lipinski definition) is 1. The van der Waals surface area contributed by atoms with Gasteiger partial charge in [-0.1, -0.05) is 72.6 Å². The maximum absolute atomic E-state index is 13.8. The zero-order valence-corrected chi connectivity index (χ0v) is 22.1. The highest BCUT2D eigenvalue weighted by Gasteiger charge is 2.33. The third kappa shape index (κ3) is 6.25. The van der Waals surface area contributed by atoms with Crippen LogP contribution in [0.2, 0.25) is 5.02 Å². The average Bonchev–Trinajstić information content (AvgIpc) is 2.88. The van der Waals surface area contributed by atoms with Gasteiger partial charge < -0.3 is 10.2 Å². The van der Waals surface area contributed by atoms with Gasteiger partial charge in [0.1, 0.15) is 12.6 Å². The van der Waals surface area contributed by atoms with Gasteiger partial charge in [0.15, 0.2) is 0 Å². The van der Waals surface area contributed by atoms with Crippen molar-refractivity contribution < 1.29 is 18.0 Å². The highest BCUT2D eigenvalue weighted by atomic mass is 35.5. The van der Waals surface area contributed by atoms with E-state index in [1.807, 2.05) is 6.92 Å². The van der Waals surface area contributed by atoms with E-state index in [1.165, 1.54) is 24.1 Å². The monoisotopic (exact) mass is 527 g/mol. The zero-order valence-electron chi connectivity index (χ0n) is 20.5. The van der Waals surface area contributed by atoms with Crippen LogP contribution in [-0.4, -0.2) is 44.8 Å². The maximum Gasteiger partial charge on any atom is 0.264 e. The fourth-order valence-electron chi connectivity index (χ4n) is 3.86. The van der Waals surface area contributed by atoms with Crippen LogP contribution in [0.15, 0.2) is 83.8 Å². The molecule has 36 heavy (non-hydrogen) atoms. The minimum absolute atomic E-state index is 0.0532. The summed E-state index contributed by atoms with van der Waals surface area (Å²) in [6, 6.07) is 21.1. The van der Waals surface area contributed by atoms with Crippen LogP contribution in [0.1, 0.15) is 24.5 Å². The Hall–Kier alpha value is -3.36.